The standard InChI is InChI=1S/C15H14N6O2/c1-15(11-5-3-10(7-16)4-6-11)13(22)21(14(23)19-15)8-12-17-9-18-20(12)2/h3-6,9H,8H2,1-2H3,(H,19,23). The molecule has 2 aromatic rings. The molecule has 1 aliphatic heterocycles. The van der Waals surface area contributed by atoms with E-state index in [0.29, 0.717) is 17.0 Å². The zero-order chi connectivity index (χ0) is 16.6. The summed E-state index contributed by atoms with van der Waals surface area (Å²) < 4.78 is 1.51. The van der Waals surface area contributed by atoms with Crippen molar-refractivity contribution >= 4 is 11.9 Å². The van der Waals surface area contributed by atoms with E-state index in [1.165, 1.54) is 11.0 Å². The largest absolute Gasteiger partial charge is 0.325 e. The number of amides is 3. The maximum absolute atomic E-state index is 12.8. The van der Waals surface area contributed by atoms with E-state index < -0.39 is 11.6 Å². The molecule has 3 amide bonds. The van der Waals surface area contributed by atoms with Gasteiger partial charge in [0.05, 0.1) is 18.2 Å². The van der Waals surface area contributed by atoms with Gasteiger partial charge in [0, 0.05) is 7.05 Å². The average Bonchev–Trinajstić information content (AvgIpc) is 3.05. The van der Waals surface area contributed by atoms with Gasteiger partial charge in [-0.25, -0.2) is 9.78 Å². The van der Waals surface area contributed by atoms with Gasteiger partial charge in [-0.1, -0.05) is 12.1 Å². The van der Waals surface area contributed by atoms with Crippen molar-refractivity contribution in [3.05, 3.63) is 47.5 Å². The molecule has 1 fully saturated rings. The van der Waals surface area contributed by atoms with E-state index in [1.807, 2.05) is 6.07 Å². The molecule has 0 aliphatic carbocycles. The number of nitrogens with zero attached hydrogens (tertiary/aromatic N) is 5. The first-order valence-corrected chi connectivity index (χ1v) is 6.93. The van der Waals surface area contributed by atoms with Crippen LogP contribution in [0.3, 0.4) is 0 Å². The molecule has 1 aromatic heterocycles. The van der Waals surface area contributed by atoms with Crippen molar-refractivity contribution in [1.82, 2.24) is 25.0 Å². The number of nitrogens with one attached hydrogen (secondary N) is 1. The van der Waals surface area contributed by atoms with E-state index in [0.717, 1.165) is 4.90 Å². The van der Waals surface area contributed by atoms with E-state index in [-0.39, 0.29) is 12.5 Å². The Hall–Kier alpha value is -3.21. The van der Waals surface area contributed by atoms with Crippen LogP contribution in [0.2, 0.25) is 0 Å². The van der Waals surface area contributed by atoms with Crippen LogP contribution in [0.5, 0.6) is 0 Å². The van der Waals surface area contributed by atoms with Crippen LogP contribution < -0.4 is 5.32 Å². The third-order valence-corrected chi connectivity index (χ3v) is 3.97. The Morgan fingerprint density at radius 1 is 1.30 bits per heavy atom. The number of hydrogen-bond acceptors (Lipinski definition) is 5. The fourth-order valence-electron chi connectivity index (χ4n) is 2.52. The van der Waals surface area contributed by atoms with Gasteiger partial charge in [0.1, 0.15) is 17.7 Å². The molecule has 0 bridgehead atoms. The molecule has 116 valence electrons. The minimum atomic E-state index is -1.16. The molecule has 1 saturated heterocycles. The van der Waals surface area contributed by atoms with Gasteiger partial charge < -0.3 is 5.32 Å². The van der Waals surface area contributed by atoms with Crippen molar-refractivity contribution in [2.75, 3.05) is 0 Å². The number of benzene rings is 1. The molecule has 1 aliphatic rings. The highest BCUT2D eigenvalue weighted by atomic mass is 16.2. The molecule has 8 nitrogen and oxygen atoms in total. The molecule has 1 atom stereocenters. The topological polar surface area (TPSA) is 104 Å². The highest BCUT2D eigenvalue weighted by Gasteiger charge is 2.49. The number of imide groups is 1. The minimum absolute atomic E-state index is 0.0486. The summed E-state index contributed by atoms with van der Waals surface area (Å²) >= 11 is 0. The van der Waals surface area contributed by atoms with Crippen LogP contribution in [-0.2, 0) is 23.9 Å². The lowest BCUT2D eigenvalue weighted by Crippen LogP contribution is -2.40. The van der Waals surface area contributed by atoms with Crippen molar-refractivity contribution < 1.29 is 9.59 Å². The van der Waals surface area contributed by atoms with Crippen LogP contribution in [0, 0.1) is 11.3 Å². The normalized spacial score (nSPS) is 20.5. The van der Waals surface area contributed by atoms with E-state index in [1.54, 1.807) is 38.2 Å². The van der Waals surface area contributed by atoms with Gasteiger partial charge in [0.25, 0.3) is 5.91 Å². The predicted octanol–water partition coefficient (Wildman–Crippen LogP) is 0.654. The summed E-state index contributed by atoms with van der Waals surface area (Å²) in [6, 6.07) is 8.11. The Morgan fingerprint density at radius 2 is 2.00 bits per heavy atom. The summed E-state index contributed by atoms with van der Waals surface area (Å²) in [5.41, 5.74) is -0.0516. The fourth-order valence-corrected chi connectivity index (χ4v) is 2.52. The Bertz CT molecular complexity index is 819. The molecule has 1 N–H and O–H groups in total. The first-order valence-electron chi connectivity index (χ1n) is 6.93. The molecule has 0 saturated carbocycles. The van der Waals surface area contributed by atoms with Crippen LogP contribution in [0.25, 0.3) is 0 Å². The summed E-state index contributed by atoms with van der Waals surface area (Å²) in [6.45, 7) is 1.69. The van der Waals surface area contributed by atoms with Gasteiger partial charge in [-0.2, -0.15) is 10.4 Å². The summed E-state index contributed by atoms with van der Waals surface area (Å²) in [7, 11) is 1.70. The van der Waals surface area contributed by atoms with Gasteiger partial charge in [0.2, 0.25) is 0 Å². The maximum Gasteiger partial charge on any atom is 0.325 e. The molecule has 1 aromatic carbocycles. The van der Waals surface area contributed by atoms with E-state index in [4.69, 9.17) is 5.26 Å². The number of nitriles is 1. The van der Waals surface area contributed by atoms with Crippen LogP contribution >= 0.6 is 0 Å². The second-order valence-electron chi connectivity index (χ2n) is 5.44. The molecule has 2 heterocycles. The smallest absolute Gasteiger partial charge is 0.319 e. The van der Waals surface area contributed by atoms with Crippen molar-refractivity contribution in [3.63, 3.8) is 0 Å². The molecule has 23 heavy (non-hydrogen) atoms. The van der Waals surface area contributed by atoms with Crippen molar-refractivity contribution in [2.24, 2.45) is 7.05 Å². The molecule has 0 radical (unpaired) electrons. The summed E-state index contributed by atoms with van der Waals surface area (Å²) in [5.74, 6) is 0.146. The Balaban J connectivity index is 1.90. The Morgan fingerprint density at radius 3 is 2.57 bits per heavy atom. The number of hydrogen-bond donors (Lipinski definition) is 1. The number of carbonyl (C=O) groups excluding carboxylic acids is 2. The fraction of sp³-hybridized carbons (Fsp3) is 0.267. The monoisotopic (exact) mass is 310 g/mol. The molecule has 0 spiro atoms. The van der Waals surface area contributed by atoms with Gasteiger partial charge in [-0.15, -0.1) is 0 Å². The van der Waals surface area contributed by atoms with Crippen LogP contribution in [0.4, 0.5) is 4.79 Å². The lowest BCUT2D eigenvalue weighted by Gasteiger charge is -2.22. The Labute approximate surface area is 132 Å². The number of aromatic nitrogens is 3. The first kappa shape index (κ1) is 14.7. The first-order chi connectivity index (χ1) is 11.0. The maximum atomic E-state index is 12.8. The Kier molecular flexibility index (Phi) is 3.33. The quantitative estimate of drug-likeness (QED) is 0.838. The van der Waals surface area contributed by atoms with Gasteiger partial charge in [0.15, 0.2) is 0 Å². The molecular formula is C15H14N6O2. The highest BCUT2D eigenvalue weighted by molar-refractivity contribution is 6.07. The minimum Gasteiger partial charge on any atom is -0.319 e. The second kappa shape index (κ2) is 5.21. The van der Waals surface area contributed by atoms with Crippen molar-refractivity contribution in [3.8, 4) is 6.07 Å². The molecule has 3 rings (SSSR count). The van der Waals surface area contributed by atoms with Crippen LogP contribution in [0.15, 0.2) is 30.6 Å². The summed E-state index contributed by atoms with van der Waals surface area (Å²) in [6.07, 6.45) is 1.37. The van der Waals surface area contributed by atoms with Gasteiger partial charge >= 0.3 is 6.03 Å². The summed E-state index contributed by atoms with van der Waals surface area (Å²) in [4.78, 5) is 30.1. The van der Waals surface area contributed by atoms with E-state index >= 15 is 0 Å². The lowest BCUT2D eigenvalue weighted by molar-refractivity contribution is -0.131. The number of urea groups is 1. The zero-order valence-electron chi connectivity index (χ0n) is 12.6. The molecule has 1 unspecified atom stereocenters. The number of aryl methyl sites for hydroxylation is 1. The average molecular weight is 310 g/mol. The van der Waals surface area contributed by atoms with Gasteiger partial charge in [-0.3, -0.25) is 14.4 Å². The predicted molar refractivity (Wildman–Crippen MR) is 78.6 cm³/mol. The van der Waals surface area contributed by atoms with Gasteiger partial charge in [-0.05, 0) is 24.6 Å². The number of rotatable bonds is 3. The SMILES string of the molecule is Cn1ncnc1CN1C(=O)NC(C)(c2ccc(C#N)cc2)C1=O. The third kappa shape index (κ3) is 2.32. The van der Waals surface area contributed by atoms with Crippen LogP contribution in [-0.4, -0.2) is 31.6 Å². The summed E-state index contributed by atoms with van der Waals surface area (Å²) in [5, 5.41) is 15.5. The third-order valence-electron chi connectivity index (χ3n) is 3.97. The second-order valence-corrected chi connectivity index (χ2v) is 5.44. The zero-order valence-corrected chi connectivity index (χ0v) is 12.6. The van der Waals surface area contributed by atoms with Crippen LogP contribution in [0.1, 0.15) is 23.9 Å². The van der Waals surface area contributed by atoms with Crippen molar-refractivity contribution in [2.45, 2.75) is 19.0 Å². The lowest BCUT2D eigenvalue weighted by atomic mass is 9.91. The van der Waals surface area contributed by atoms with Crippen molar-refractivity contribution in [1.29, 1.82) is 5.26 Å². The van der Waals surface area contributed by atoms with E-state index in [2.05, 4.69) is 15.4 Å². The highest BCUT2D eigenvalue weighted by Crippen LogP contribution is 2.29. The molecule has 8 heteroatoms. The van der Waals surface area contributed by atoms with E-state index in [9.17, 15) is 9.59 Å². The molecular weight excluding hydrogens is 296 g/mol. The number of carbonyl (C=O) groups is 2.